The van der Waals surface area contributed by atoms with E-state index in [4.69, 9.17) is 4.74 Å². The summed E-state index contributed by atoms with van der Waals surface area (Å²) in [6.45, 7) is 6.56. The molecule has 4 aromatic carbocycles. The summed E-state index contributed by atoms with van der Waals surface area (Å²) in [5, 5.41) is 15.9. The smallest absolute Gasteiger partial charge is 0.250 e. The molecule has 0 unspecified atom stereocenters. The zero-order valence-electron chi connectivity index (χ0n) is 23.0. The van der Waals surface area contributed by atoms with Gasteiger partial charge in [-0.05, 0) is 46.0 Å². The first-order valence-corrected chi connectivity index (χ1v) is 14.0. The number of thioether (sulfide) groups is 1. The van der Waals surface area contributed by atoms with Gasteiger partial charge in [0, 0.05) is 16.8 Å². The lowest BCUT2D eigenvalue weighted by Crippen LogP contribution is -2.20. The Labute approximate surface area is 238 Å². The van der Waals surface area contributed by atoms with Crippen LogP contribution in [0, 0.1) is 0 Å². The molecule has 1 aromatic heterocycles. The normalized spacial score (nSPS) is 11.7. The number of carbonyl (C=O) groups excluding carboxylic acids is 1. The van der Waals surface area contributed by atoms with E-state index in [1.165, 1.54) is 17.3 Å². The highest BCUT2D eigenvalue weighted by Gasteiger charge is 2.19. The van der Waals surface area contributed by atoms with E-state index in [-0.39, 0.29) is 17.1 Å². The molecule has 0 aliphatic rings. The van der Waals surface area contributed by atoms with E-state index in [9.17, 15) is 4.79 Å². The molecule has 0 bridgehead atoms. The number of hydrogen-bond acceptors (Lipinski definition) is 6. The molecule has 0 spiro atoms. The van der Waals surface area contributed by atoms with Crippen molar-refractivity contribution in [3.8, 4) is 22.8 Å². The topological polar surface area (TPSA) is 81.4 Å². The molecule has 0 radical (unpaired) electrons. The van der Waals surface area contributed by atoms with Crippen molar-refractivity contribution >= 4 is 34.7 Å². The summed E-state index contributed by atoms with van der Waals surface area (Å²) < 4.78 is 7.30. The van der Waals surface area contributed by atoms with E-state index in [0.717, 1.165) is 33.3 Å². The standard InChI is InChI=1S/C32H31N5O2S/c1-32(2,3)25-14-12-23(13-15-25)30-35-36-31(37(30)26-16-18-27(39-4)19-17-26)40-21-29(38)34-33-20-24-10-7-9-22-8-5-6-11-28(22)24/h5-20H,21H2,1-4H3,(H,34,38). The minimum absolute atomic E-state index is 0.0483. The number of amides is 1. The first-order chi connectivity index (χ1) is 19.3. The highest BCUT2D eigenvalue weighted by Crippen LogP contribution is 2.31. The van der Waals surface area contributed by atoms with Crippen molar-refractivity contribution in [3.05, 3.63) is 102 Å². The van der Waals surface area contributed by atoms with Gasteiger partial charge in [0.15, 0.2) is 11.0 Å². The number of carbonyl (C=O) groups is 1. The van der Waals surface area contributed by atoms with Gasteiger partial charge in [-0.25, -0.2) is 5.43 Å². The Morgan fingerprint density at radius 3 is 2.40 bits per heavy atom. The van der Waals surface area contributed by atoms with Crippen LogP contribution >= 0.6 is 11.8 Å². The Hall–Kier alpha value is -4.43. The Morgan fingerprint density at radius 1 is 0.950 bits per heavy atom. The Kier molecular flexibility index (Phi) is 7.98. The molecule has 0 atom stereocenters. The van der Waals surface area contributed by atoms with E-state index < -0.39 is 0 Å². The van der Waals surface area contributed by atoms with Crippen molar-refractivity contribution in [1.29, 1.82) is 0 Å². The Bertz CT molecular complexity index is 1650. The Balaban J connectivity index is 1.35. The second kappa shape index (κ2) is 11.8. The van der Waals surface area contributed by atoms with Gasteiger partial charge in [-0.15, -0.1) is 10.2 Å². The number of fused-ring (bicyclic) bond motifs is 1. The molecule has 40 heavy (non-hydrogen) atoms. The maximum Gasteiger partial charge on any atom is 0.250 e. The highest BCUT2D eigenvalue weighted by atomic mass is 32.2. The molecule has 0 saturated carbocycles. The highest BCUT2D eigenvalue weighted by molar-refractivity contribution is 7.99. The number of aromatic nitrogens is 3. The summed E-state index contributed by atoms with van der Waals surface area (Å²) in [5.41, 5.74) is 6.67. The molecule has 1 amide bonds. The molecule has 5 aromatic rings. The van der Waals surface area contributed by atoms with Crippen LogP contribution in [0.15, 0.2) is 101 Å². The maximum atomic E-state index is 12.7. The molecule has 0 aliphatic heterocycles. The van der Waals surface area contributed by atoms with E-state index in [2.05, 4.69) is 65.8 Å². The second-order valence-electron chi connectivity index (χ2n) is 10.3. The van der Waals surface area contributed by atoms with Gasteiger partial charge in [0.1, 0.15) is 5.75 Å². The lowest BCUT2D eigenvalue weighted by molar-refractivity contribution is -0.118. The third kappa shape index (κ3) is 6.07. The molecule has 8 heteroatoms. The molecular formula is C32H31N5O2S. The lowest BCUT2D eigenvalue weighted by Gasteiger charge is -2.19. The molecule has 1 N–H and O–H groups in total. The van der Waals surface area contributed by atoms with Crippen LogP contribution in [-0.2, 0) is 10.2 Å². The van der Waals surface area contributed by atoms with E-state index in [1.807, 2.05) is 71.3 Å². The van der Waals surface area contributed by atoms with Crippen molar-refractivity contribution < 1.29 is 9.53 Å². The molecule has 0 fully saturated rings. The zero-order valence-corrected chi connectivity index (χ0v) is 23.8. The first-order valence-electron chi connectivity index (χ1n) is 13.0. The fourth-order valence-corrected chi connectivity index (χ4v) is 5.08. The van der Waals surface area contributed by atoms with Crippen molar-refractivity contribution in [3.63, 3.8) is 0 Å². The van der Waals surface area contributed by atoms with Gasteiger partial charge in [-0.2, -0.15) is 5.10 Å². The predicted octanol–water partition coefficient (Wildman–Crippen LogP) is 6.64. The minimum Gasteiger partial charge on any atom is -0.497 e. The van der Waals surface area contributed by atoms with Crippen LogP contribution in [0.2, 0.25) is 0 Å². The van der Waals surface area contributed by atoms with E-state index >= 15 is 0 Å². The molecule has 0 saturated heterocycles. The number of hydrazone groups is 1. The van der Waals surface area contributed by atoms with Crippen molar-refractivity contribution in [2.45, 2.75) is 31.3 Å². The van der Waals surface area contributed by atoms with Crippen molar-refractivity contribution in [2.24, 2.45) is 5.10 Å². The van der Waals surface area contributed by atoms with Gasteiger partial charge in [0.2, 0.25) is 0 Å². The number of rotatable bonds is 8. The Morgan fingerprint density at radius 2 is 1.68 bits per heavy atom. The lowest BCUT2D eigenvalue weighted by atomic mass is 9.87. The second-order valence-corrected chi connectivity index (χ2v) is 11.3. The van der Waals surface area contributed by atoms with Gasteiger partial charge in [-0.1, -0.05) is 99.3 Å². The average Bonchev–Trinajstić information content (AvgIpc) is 3.40. The van der Waals surface area contributed by atoms with Crippen LogP contribution in [-0.4, -0.2) is 39.7 Å². The number of nitrogens with one attached hydrogen (secondary N) is 1. The van der Waals surface area contributed by atoms with Crippen LogP contribution in [0.3, 0.4) is 0 Å². The number of benzene rings is 4. The number of methoxy groups -OCH3 is 1. The van der Waals surface area contributed by atoms with E-state index in [1.54, 1.807) is 13.3 Å². The van der Waals surface area contributed by atoms with Gasteiger partial charge in [0.05, 0.1) is 19.1 Å². The first kappa shape index (κ1) is 27.1. The maximum absolute atomic E-state index is 12.7. The number of nitrogens with zero attached hydrogens (tertiary/aromatic N) is 4. The van der Waals surface area contributed by atoms with Gasteiger partial charge >= 0.3 is 0 Å². The van der Waals surface area contributed by atoms with Crippen LogP contribution in [0.25, 0.3) is 27.8 Å². The predicted molar refractivity (Wildman–Crippen MR) is 162 cm³/mol. The van der Waals surface area contributed by atoms with Gasteiger partial charge < -0.3 is 4.74 Å². The number of ether oxygens (including phenoxy) is 1. The quantitative estimate of drug-likeness (QED) is 0.133. The van der Waals surface area contributed by atoms with Gasteiger partial charge in [-0.3, -0.25) is 9.36 Å². The largest absolute Gasteiger partial charge is 0.497 e. The van der Waals surface area contributed by atoms with Gasteiger partial charge in [0.25, 0.3) is 5.91 Å². The summed E-state index contributed by atoms with van der Waals surface area (Å²) in [4.78, 5) is 12.7. The summed E-state index contributed by atoms with van der Waals surface area (Å²) >= 11 is 1.30. The monoisotopic (exact) mass is 549 g/mol. The summed E-state index contributed by atoms with van der Waals surface area (Å²) in [6.07, 6.45) is 1.67. The van der Waals surface area contributed by atoms with Crippen LogP contribution in [0.5, 0.6) is 5.75 Å². The molecular weight excluding hydrogens is 518 g/mol. The fourth-order valence-electron chi connectivity index (χ4n) is 4.33. The fraction of sp³-hybridized carbons (Fsp3) is 0.188. The number of hydrogen-bond donors (Lipinski definition) is 1. The average molecular weight is 550 g/mol. The van der Waals surface area contributed by atoms with Crippen molar-refractivity contribution in [2.75, 3.05) is 12.9 Å². The van der Waals surface area contributed by atoms with E-state index in [0.29, 0.717) is 11.0 Å². The third-order valence-corrected chi connectivity index (χ3v) is 7.45. The molecule has 202 valence electrons. The summed E-state index contributed by atoms with van der Waals surface area (Å²) in [5.74, 6) is 1.35. The van der Waals surface area contributed by atoms with Crippen LogP contribution < -0.4 is 10.2 Å². The zero-order chi connectivity index (χ0) is 28.1. The summed E-state index contributed by atoms with van der Waals surface area (Å²) in [6, 6.07) is 30.1. The summed E-state index contributed by atoms with van der Waals surface area (Å²) in [7, 11) is 1.64. The minimum atomic E-state index is -0.234. The molecule has 0 aliphatic carbocycles. The SMILES string of the molecule is COc1ccc(-n2c(SCC(=O)NN=Cc3cccc4ccccc34)nnc2-c2ccc(C(C)(C)C)cc2)cc1. The van der Waals surface area contributed by atoms with Crippen LogP contribution in [0.1, 0.15) is 31.9 Å². The molecule has 1 heterocycles. The van der Waals surface area contributed by atoms with Crippen LogP contribution in [0.4, 0.5) is 0 Å². The van der Waals surface area contributed by atoms with Crippen molar-refractivity contribution in [1.82, 2.24) is 20.2 Å². The molecule has 7 nitrogen and oxygen atoms in total. The molecule has 5 rings (SSSR count). The third-order valence-electron chi connectivity index (χ3n) is 6.52.